The van der Waals surface area contributed by atoms with Gasteiger partial charge in [-0.15, -0.1) is 0 Å². The first-order valence-electron chi connectivity index (χ1n) is 6.85. The Labute approximate surface area is 122 Å². The van der Waals surface area contributed by atoms with E-state index in [4.69, 9.17) is 5.11 Å². The fraction of sp³-hybridized carbons (Fsp3) is 0.429. The Morgan fingerprint density at radius 1 is 1.29 bits per heavy atom. The van der Waals surface area contributed by atoms with Crippen molar-refractivity contribution in [3.8, 4) is 0 Å². The summed E-state index contributed by atoms with van der Waals surface area (Å²) >= 11 is 0. The van der Waals surface area contributed by atoms with Crippen LogP contribution >= 0.6 is 0 Å². The van der Waals surface area contributed by atoms with E-state index in [1.165, 1.54) is 12.1 Å². The molecule has 1 fully saturated rings. The maximum atomic E-state index is 12.5. The van der Waals surface area contributed by atoms with Gasteiger partial charge < -0.3 is 5.11 Å². The number of hydrogen-bond acceptors (Lipinski definition) is 4. The number of carbonyl (C=O) groups excluding carboxylic acids is 1. The third-order valence-electron chi connectivity index (χ3n) is 4.15. The first-order valence-corrected chi connectivity index (χ1v) is 8.29. The highest BCUT2D eigenvalue weighted by molar-refractivity contribution is 7.90. The predicted molar refractivity (Wildman–Crippen MR) is 73.6 cm³/mol. The van der Waals surface area contributed by atoms with E-state index >= 15 is 0 Å². The normalized spacial score (nSPS) is 20.8. The first-order chi connectivity index (χ1) is 9.91. The standard InChI is InChI=1S/C14H15NO5S/c16-13-11-6-5-10(14(17)18)7-12(11)21(19,20)15(13)8-9-3-1-2-4-9/h5-7,9H,1-4,8H2,(H,17,18). The molecule has 1 aliphatic carbocycles. The maximum absolute atomic E-state index is 12.5. The number of nitrogens with zero attached hydrogens (tertiary/aromatic N) is 1. The number of sulfonamides is 1. The molecule has 1 amide bonds. The van der Waals surface area contributed by atoms with Gasteiger partial charge in [0.15, 0.2) is 0 Å². The second-order valence-electron chi connectivity index (χ2n) is 5.51. The number of fused-ring (bicyclic) bond motifs is 1. The zero-order chi connectivity index (χ0) is 15.2. The molecule has 21 heavy (non-hydrogen) atoms. The summed E-state index contributed by atoms with van der Waals surface area (Å²) < 4.78 is 25.8. The smallest absolute Gasteiger partial charge is 0.335 e. The molecule has 7 heteroatoms. The molecular weight excluding hydrogens is 294 g/mol. The van der Waals surface area contributed by atoms with Crippen LogP contribution < -0.4 is 0 Å². The van der Waals surface area contributed by atoms with Gasteiger partial charge in [-0.2, -0.15) is 0 Å². The van der Waals surface area contributed by atoms with Crippen LogP contribution in [0.5, 0.6) is 0 Å². The van der Waals surface area contributed by atoms with E-state index in [9.17, 15) is 18.0 Å². The molecule has 1 N–H and O–H groups in total. The van der Waals surface area contributed by atoms with Crippen molar-refractivity contribution >= 4 is 21.9 Å². The lowest BCUT2D eigenvalue weighted by Crippen LogP contribution is -2.34. The zero-order valence-corrected chi connectivity index (χ0v) is 12.1. The van der Waals surface area contributed by atoms with Crippen LogP contribution in [-0.4, -0.2) is 36.3 Å². The van der Waals surface area contributed by atoms with Crippen molar-refractivity contribution in [2.75, 3.05) is 6.54 Å². The molecule has 0 aromatic heterocycles. The maximum Gasteiger partial charge on any atom is 0.335 e. The van der Waals surface area contributed by atoms with Crippen molar-refractivity contribution in [3.63, 3.8) is 0 Å². The molecule has 1 aromatic carbocycles. The third-order valence-corrected chi connectivity index (χ3v) is 5.94. The second kappa shape index (κ2) is 4.84. The molecule has 112 valence electrons. The van der Waals surface area contributed by atoms with E-state index in [-0.39, 0.29) is 28.5 Å². The summed E-state index contributed by atoms with van der Waals surface area (Å²) in [5.41, 5.74) is -0.0640. The molecule has 2 aliphatic rings. The van der Waals surface area contributed by atoms with E-state index in [0.717, 1.165) is 36.1 Å². The van der Waals surface area contributed by atoms with Crippen LogP contribution in [0.25, 0.3) is 0 Å². The number of benzene rings is 1. The van der Waals surface area contributed by atoms with Gasteiger partial charge in [0.25, 0.3) is 15.9 Å². The SMILES string of the molecule is O=C(O)c1ccc2c(c1)S(=O)(=O)N(CC1CCCC1)C2=O. The lowest BCUT2D eigenvalue weighted by atomic mass is 10.1. The third kappa shape index (κ3) is 2.21. The molecule has 1 saturated carbocycles. The van der Waals surface area contributed by atoms with Gasteiger partial charge in [-0.25, -0.2) is 17.5 Å². The summed E-state index contributed by atoms with van der Waals surface area (Å²) in [6.45, 7) is 0.193. The molecule has 3 rings (SSSR count). The lowest BCUT2D eigenvalue weighted by Gasteiger charge is -2.19. The Kier molecular flexibility index (Phi) is 3.24. The number of hydrogen-bond donors (Lipinski definition) is 1. The highest BCUT2D eigenvalue weighted by atomic mass is 32.2. The van der Waals surface area contributed by atoms with Gasteiger partial charge in [0.1, 0.15) is 4.90 Å². The van der Waals surface area contributed by atoms with Crippen molar-refractivity contribution in [1.29, 1.82) is 0 Å². The van der Waals surface area contributed by atoms with Crippen LogP contribution in [0, 0.1) is 5.92 Å². The number of aromatic carboxylic acids is 1. The molecule has 1 aliphatic heterocycles. The number of amides is 1. The fourth-order valence-electron chi connectivity index (χ4n) is 3.02. The Morgan fingerprint density at radius 2 is 1.95 bits per heavy atom. The van der Waals surface area contributed by atoms with Gasteiger partial charge in [0.2, 0.25) is 0 Å². The average molecular weight is 309 g/mol. The van der Waals surface area contributed by atoms with Crippen LogP contribution in [0.2, 0.25) is 0 Å². The van der Waals surface area contributed by atoms with Gasteiger partial charge in [0, 0.05) is 6.54 Å². The van der Waals surface area contributed by atoms with E-state index in [2.05, 4.69) is 0 Å². The Morgan fingerprint density at radius 3 is 2.57 bits per heavy atom. The van der Waals surface area contributed by atoms with Crippen LogP contribution in [0.4, 0.5) is 0 Å². The predicted octanol–water partition coefficient (Wildman–Crippen LogP) is 1.72. The number of rotatable bonds is 3. The highest BCUT2D eigenvalue weighted by Gasteiger charge is 2.42. The van der Waals surface area contributed by atoms with Gasteiger partial charge in [-0.05, 0) is 37.0 Å². The second-order valence-corrected chi connectivity index (χ2v) is 7.34. The van der Waals surface area contributed by atoms with E-state index in [1.807, 2.05) is 0 Å². The van der Waals surface area contributed by atoms with Crippen LogP contribution in [0.3, 0.4) is 0 Å². The summed E-state index contributed by atoms with van der Waals surface area (Å²) in [6, 6.07) is 3.61. The molecule has 1 aromatic rings. The fourth-order valence-corrected chi connectivity index (χ4v) is 4.69. The minimum absolute atomic E-state index is 0.0676. The highest BCUT2D eigenvalue weighted by Crippen LogP contribution is 2.34. The van der Waals surface area contributed by atoms with Crippen LogP contribution in [0.1, 0.15) is 46.4 Å². The average Bonchev–Trinajstić information content (AvgIpc) is 3.01. The van der Waals surface area contributed by atoms with Crippen molar-refractivity contribution in [2.45, 2.75) is 30.6 Å². The van der Waals surface area contributed by atoms with Crippen molar-refractivity contribution in [3.05, 3.63) is 29.3 Å². The molecular formula is C14H15NO5S. The molecule has 1 heterocycles. The monoisotopic (exact) mass is 309 g/mol. The number of carbonyl (C=O) groups is 2. The number of carboxylic acids is 1. The lowest BCUT2D eigenvalue weighted by molar-refractivity contribution is 0.0695. The summed E-state index contributed by atoms with van der Waals surface area (Å²) in [7, 11) is -3.92. The van der Waals surface area contributed by atoms with E-state index in [0.29, 0.717) is 0 Å². The zero-order valence-electron chi connectivity index (χ0n) is 11.3. The van der Waals surface area contributed by atoms with Crippen LogP contribution in [-0.2, 0) is 10.0 Å². The minimum atomic E-state index is -3.92. The van der Waals surface area contributed by atoms with Gasteiger partial charge in [-0.1, -0.05) is 12.8 Å². The molecule has 6 nitrogen and oxygen atoms in total. The summed E-state index contributed by atoms with van der Waals surface area (Å²) in [6.07, 6.45) is 3.97. The molecule has 0 unspecified atom stereocenters. The Hall–Kier alpha value is -1.89. The van der Waals surface area contributed by atoms with Gasteiger partial charge in [0.05, 0.1) is 11.1 Å². The largest absolute Gasteiger partial charge is 0.478 e. The molecule has 0 radical (unpaired) electrons. The van der Waals surface area contributed by atoms with Crippen LogP contribution in [0.15, 0.2) is 23.1 Å². The van der Waals surface area contributed by atoms with E-state index < -0.39 is 21.9 Å². The van der Waals surface area contributed by atoms with Crippen molar-refractivity contribution < 1.29 is 23.1 Å². The Bertz CT molecular complexity index is 719. The number of carboxylic acid groups (broad SMARTS) is 1. The molecule has 0 saturated heterocycles. The Balaban J connectivity index is 1.99. The summed E-state index contributed by atoms with van der Waals surface area (Å²) in [5, 5.41) is 8.95. The molecule has 0 spiro atoms. The van der Waals surface area contributed by atoms with E-state index in [1.54, 1.807) is 0 Å². The topological polar surface area (TPSA) is 91.8 Å². The molecule has 0 atom stereocenters. The summed E-state index contributed by atoms with van der Waals surface area (Å²) in [4.78, 5) is 23.1. The summed E-state index contributed by atoms with van der Waals surface area (Å²) in [5.74, 6) is -1.56. The first kappa shape index (κ1) is 14.1. The van der Waals surface area contributed by atoms with Crippen molar-refractivity contribution in [1.82, 2.24) is 4.31 Å². The van der Waals surface area contributed by atoms with Gasteiger partial charge in [-0.3, -0.25) is 4.79 Å². The van der Waals surface area contributed by atoms with Crippen molar-refractivity contribution in [2.24, 2.45) is 5.92 Å². The quantitative estimate of drug-likeness (QED) is 0.918. The molecule has 0 bridgehead atoms. The van der Waals surface area contributed by atoms with Gasteiger partial charge >= 0.3 is 5.97 Å². The minimum Gasteiger partial charge on any atom is -0.478 e.